The molecular formula is C59H85N11O18S2. The number of nitrogens with one attached hydrogen (secondary N) is 1. The number of ether oxygens (including phenoxy) is 4. The first-order chi connectivity index (χ1) is 42.3. The van der Waals surface area contributed by atoms with E-state index in [2.05, 4.69) is 30.2 Å². The van der Waals surface area contributed by atoms with Gasteiger partial charge in [-0.25, -0.2) is 24.0 Å². The Bertz CT molecular complexity index is 3030. The number of hydrogen-bond acceptors (Lipinski definition) is 26. The number of aromatic amines is 1. The van der Waals surface area contributed by atoms with Crippen molar-refractivity contribution in [3.8, 4) is 17.2 Å². The summed E-state index contributed by atoms with van der Waals surface area (Å²) >= 11 is 7.62. The number of fused-ring (bicyclic) bond motifs is 1. The first kappa shape index (κ1) is 80.1. The van der Waals surface area contributed by atoms with Crippen molar-refractivity contribution in [2.24, 2.45) is 63.3 Å². The first-order valence-electron chi connectivity index (χ1n) is 27.8. The van der Waals surface area contributed by atoms with Crippen LogP contribution in [0.5, 0.6) is 17.2 Å². The van der Waals surface area contributed by atoms with Crippen molar-refractivity contribution >= 4 is 89.9 Å². The van der Waals surface area contributed by atoms with E-state index < -0.39 is 114 Å². The number of para-hydroxylation sites is 1. The van der Waals surface area contributed by atoms with Gasteiger partial charge in [0.05, 0.1) is 6.10 Å². The van der Waals surface area contributed by atoms with Crippen LogP contribution in [-0.4, -0.2) is 163 Å². The zero-order valence-corrected chi connectivity index (χ0v) is 51.7. The average molecular weight is 1300 g/mol. The topological polar surface area (TPSA) is 568 Å². The van der Waals surface area contributed by atoms with Crippen LogP contribution >= 0.6 is 25.3 Å². The lowest BCUT2D eigenvalue weighted by Crippen LogP contribution is -2.41. The van der Waals surface area contributed by atoms with Crippen molar-refractivity contribution in [1.82, 2.24) is 4.98 Å². The Labute approximate surface area is 530 Å². The number of aliphatic hydroxyl groups is 1. The van der Waals surface area contributed by atoms with E-state index in [1.807, 2.05) is 24.3 Å². The number of aliphatic carboxylic acids is 4. The van der Waals surface area contributed by atoms with E-state index in [4.69, 9.17) is 102 Å². The van der Waals surface area contributed by atoms with Crippen molar-refractivity contribution in [1.29, 1.82) is 0 Å². The molecule has 0 radical (unpaired) electrons. The largest absolute Gasteiger partial charge is 0.480 e. The molecular weight excluding hydrogens is 1210 g/mol. The molecule has 4 aromatic carbocycles. The number of aliphatic hydroxyl groups excluding tert-OH is 1. The van der Waals surface area contributed by atoms with Crippen LogP contribution in [0.2, 0.25) is 0 Å². The van der Waals surface area contributed by atoms with Crippen molar-refractivity contribution in [3.05, 3.63) is 126 Å². The van der Waals surface area contributed by atoms with Gasteiger partial charge in [-0.1, -0.05) is 74.9 Å². The molecule has 0 aliphatic rings. The van der Waals surface area contributed by atoms with Crippen molar-refractivity contribution in [2.75, 3.05) is 18.1 Å². The minimum atomic E-state index is -1.18. The van der Waals surface area contributed by atoms with Crippen molar-refractivity contribution < 1.29 is 87.6 Å². The fourth-order valence-electron chi connectivity index (χ4n) is 6.81. The number of unbranched alkanes of at least 4 members (excludes halogenated alkanes) is 1. The summed E-state index contributed by atoms with van der Waals surface area (Å²) in [6.07, 6.45) is 3.57. The molecule has 90 heavy (non-hydrogen) atoms. The highest BCUT2D eigenvalue weighted by Gasteiger charge is 2.26. The van der Waals surface area contributed by atoms with Crippen LogP contribution in [0.4, 0.5) is 0 Å². The van der Waals surface area contributed by atoms with E-state index in [-0.39, 0.29) is 48.9 Å². The maximum Gasteiger partial charge on any atom is 0.330 e. The van der Waals surface area contributed by atoms with Crippen LogP contribution in [0.1, 0.15) is 62.3 Å². The number of H-pyrrole nitrogens is 1. The zero-order chi connectivity index (χ0) is 68.4. The molecule has 0 bridgehead atoms. The third kappa shape index (κ3) is 31.0. The standard InChI is InChI=1S/C32H35N5O7S.C15H23N3O4.C5H11NO2.C4H9NO3.C3H7NO2S/c33-24(13-18-7-11-22(12-8-18)43-32(41)27(36)17-45)29(38)42-21-9-5-19(6-10-21)14-25(34)30(39)44-31(40)26(35)15-20-16-37-28-4-2-1-3-23(20)28;16-8-2-1-3-12(17)15(21)22-11-6-4-10(5-7-11)9-13(18)14(19)20;1-3(2)4(6)5(7)8;1-2(6)3(5)4(7)8;4-2(1-7)3(5)6/h1-12,16,24-27,37,45H,13-15,17,33-36H2;4-7,12-13H,1-3,8-9,16-18H2,(H,19,20);3-4H,6H2,1-2H3,(H,7,8);2-3,6H,5H2,1H3,(H,7,8);2,7H,1,4H2,(H,5,6)/t24-,25+,26-,27+;12-,13-;4-;2-,3+;2-/m10010/s1. The van der Waals surface area contributed by atoms with Crippen LogP contribution in [0.25, 0.3) is 10.9 Å². The smallest absolute Gasteiger partial charge is 0.330 e. The Morgan fingerprint density at radius 2 is 0.833 bits per heavy atom. The number of carbonyl (C=O) groups is 9. The Balaban J connectivity index is 0.000000735. The number of benzene rings is 4. The van der Waals surface area contributed by atoms with Gasteiger partial charge in [-0.15, -0.1) is 0 Å². The number of carbonyl (C=O) groups excluding carboxylic acids is 5. The summed E-state index contributed by atoms with van der Waals surface area (Å²) in [6, 6.07) is 18.7. The molecule has 0 saturated heterocycles. The molecule has 0 aliphatic heterocycles. The number of esters is 5. The fourth-order valence-corrected chi connectivity index (χ4v) is 7.12. The lowest BCUT2D eigenvalue weighted by Gasteiger charge is -2.14. The molecule has 29 nitrogen and oxygen atoms in total. The summed E-state index contributed by atoms with van der Waals surface area (Å²) in [5, 5.41) is 42.5. The normalized spacial score (nSPS) is 14.0. The number of carboxylic acids is 4. The van der Waals surface area contributed by atoms with E-state index in [0.717, 1.165) is 40.4 Å². The van der Waals surface area contributed by atoms with Crippen LogP contribution < -0.4 is 71.5 Å². The predicted molar refractivity (Wildman–Crippen MR) is 340 cm³/mol. The lowest BCUT2D eigenvalue weighted by atomic mass is 10.1. The molecule has 5 aromatic rings. The molecule has 0 amide bonds. The summed E-state index contributed by atoms with van der Waals surface area (Å²) in [6.45, 7) is 5.46. The second-order valence-electron chi connectivity index (χ2n) is 20.4. The van der Waals surface area contributed by atoms with Crippen LogP contribution in [0, 0.1) is 5.92 Å². The van der Waals surface area contributed by atoms with Gasteiger partial charge in [0, 0.05) is 35.0 Å². The van der Waals surface area contributed by atoms with Crippen molar-refractivity contribution in [2.45, 2.75) is 126 Å². The van der Waals surface area contributed by atoms with Gasteiger partial charge in [-0.05, 0) is 116 Å². The first-order valence-corrected chi connectivity index (χ1v) is 29.1. The third-order valence-corrected chi connectivity index (χ3v) is 13.2. The van der Waals surface area contributed by atoms with E-state index >= 15 is 0 Å². The second kappa shape index (κ2) is 42.2. The average Bonchev–Trinajstić information content (AvgIpc) is 1.77. The molecule has 0 saturated carbocycles. The molecule has 1 heterocycles. The molecule has 0 aliphatic carbocycles. The van der Waals surface area contributed by atoms with Gasteiger partial charge in [0.2, 0.25) is 0 Å². The maximum absolute atomic E-state index is 12.5. The Hall–Kier alpha value is -7.89. The lowest BCUT2D eigenvalue weighted by molar-refractivity contribution is -0.161. The third-order valence-electron chi connectivity index (χ3n) is 12.4. The quantitative estimate of drug-likeness (QED) is 0.00985. The Kier molecular flexibility index (Phi) is 37.5. The summed E-state index contributed by atoms with van der Waals surface area (Å²) in [7, 11) is 0. The van der Waals surface area contributed by atoms with E-state index in [1.54, 1.807) is 92.8 Å². The van der Waals surface area contributed by atoms with Gasteiger partial charge in [-0.2, -0.15) is 25.3 Å². The van der Waals surface area contributed by atoms with Crippen LogP contribution in [0.3, 0.4) is 0 Å². The number of aromatic nitrogens is 1. The van der Waals surface area contributed by atoms with E-state index in [0.29, 0.717) is 30.0 Å². The fraction of sp³-hybridized carbons (Fsp3) is 0.407. The van der Waals surface area contributed by atoms with Crippen molar-refractivity contribution in [3.63, 3.8) is 0 Å². The molecule has 0 unspecified atom stereocenters. The Morgan fingerprint density at radius 1 is 0.456 bits per heavy atom. The Morgan fingerprint density at radius 3 is 1.18 bits per heavy atom. The highest BCUT2D eigenvalue weighted by molar-refractivity contribution is 7.80. The number of hydrogen-bond donors (Lipinski definition) is 18. The second-order valence-corrected chi connectivity index (χ2v) is 21.1. The minimum Gasteiger partial charge on any atom is -0.480 e. The molecule has 496 valence electrons. The SMILES string of the molecule is CC(C)[C@H](N)C(=O)O.C[C@@H](O)[C@H](N)C(=O)O.NCCCC[C@H](N)C(=O)Oc1ccc(C[C@H](N)C(=O)O)cc1.N[C@@H](CS)C(=O)O.N[C@H](Cc1c[nH]c2ccccc12)C(=O)OC(=O)[C@@H](N)Cc1ccc(OC(=O)[C@H](N)Cc2ccc(OC(=O)[C@@H](N)CS)cc2)cc1. The predicted octanol–water partition coefficient (Wildman–Crippen LogP) is -0.520. The van der Waals surface area contributed by atoms with Gasteiger partial charge in [0.15, 0.2) is 0 Å². The number of carboxylic acid groups (broad SMARTS) is 4. The van der Waals surface area contributed by atoms with E-state index in [9.17, 15) is 43.2 Å². The van der Waals surface area contributed by atoms with Crippen LogP contribution in [0.15, 0.2) is 103 Å². The summed E-state index contributed by atoms with van der Waals surface area (Å²) in [5.74, 6) is -6.39. The van der Waals surface area contributed by atoms with Crippen LogP contribution in [-0.2, 0) is 73.6 Å². The summed E-state index contributed by atoms with van der Waals surface area (Å²) < 4.78 is 20.7. The summed E-state index contributed by atoms with van der Waals surface area (Å²) in [4.78, 5) is 104. The molecule has 1 aromatic heterocycles. The zero-order valence-electron chi connectivity index (χ0n) is 49.9. The van der Waals surface area contributed by atoms with Gasteiger partial charge < -0.3 is 107 Å². The minimum absolute atomic E-state index is 0.0208. The van der Waals surface area contributed by atoms with Gasteiger partial charge in [0.1, 0.15) is 71.6 Å². The number of rotatable bonds is 28. The van der Waals surface area contributed by atoms with E-state index in [1.165, 1.54) is 6.92 Å². The number of nitrogens with two attached hydrogens (primary N) is 10. The number of thiol groups is 2. The molecule has 31 heteroatoms. The van der Waals surface area contributed by atoms with Gasteiger partial charge in [0.25, 0.3) is 0 Å². The highest BCUT2D eigenvalue weighted by atomic mass is 32.1. The highest BCUT2D eigenvalue weighted by Crippen LogP contribution is 2.21. The molecule has 26 N–H and O–H groups in total. The van der Waals surface area contributed by atoms with Gasteiger partial charge in [-0.3, -0.25) is 19.2 Å². The molecule has 10 atom stereocenters. The summed E-state index contributed by atoms with van der Waals surface area (Å²) in [5.41, 5.74) is 59.1. The van der Waals surface area contributed by atoms with Gasteiger partial charge >= 0.3 is 53.7 Å². The monoisotopic (exact) mass is 1300 g/mol. The molecule has 0 fully saturated rings. The maximum atomic E-state index is 12.5. The molecule has 0 spiro atoms. The molecule has 5 rings (SSSR count).